The standard InChI is InChI=1S/C31H43ClN4O2/c1-4-23(22(2)3)21-36-17-12-28(34-29(31(36)38)13-16-35-14-6-5-7-15-35)20-33-30(37)26-9-8-25-19-27(32)11-10-24(25)18-26/h8-11,18-19,23,28-29,34H,2,4-7,12-17,20-21H2,1,3H3,(H,33,37)/t23-,28+,29+/m1/s1. The maximum Gasteiger partial charge on any atom is 0.251 e. The number of carbonyl (C=O) groups excluding carboxylic acids is 2. The van der Waals surface area contributed by atoms with Gasteiger partial charge in [0.05, 0.1) is 6.04 Å². The van der Waals surface area contributed by atoms with Crippen molar-refractivity contribution in [2.75, 3.05) is 39.3 Å². The van der Waals surface area contributed by atoms with Crippen molar-refractivity contribution in [2.45, 2.75) is 64.5 Å². The number of benzene rings is 2. The smallest absolute Gasteiger partial charge is 0.251 e. The van der Waals surface area contributed by atoms with E-state index in [9.17, 15) is 9.59 Å². The average molecular weight is 539 g/mol. The molecule has 6 nitrogen and oxygen atoms in total. The van der Waals surface area contributed by atoms with Crippen LogP contribution in [-0.2, 0) is 4.79 Å². The van der Waals surface area contributed by atoms with Gasteiger partial charge in [0.25, 0.3) is 5.91 Å². The SMILES string of the molecule is C=C(C)[C@H](CC)CN1CC[C@@H](CNC(=O)c2ccc3cc(Cl)ccc3c2)N[C@@H](CCN2CCCCC2)C1=O. The monoisotopic (exact) mass is 538 g/mol. The normalized spacial score (nSPS) is 21.8. The van der Waals surface area contributed by atoms with Crippen molar-refractivity contribution in [3.63, 3.8) is 0 Å². The van der Waals surface area contributed by atoms with Gasteiger partial charge >= 0.3 is 0 Å². The van der Waals surface area contributed by atoms with Crippen molar-refractivity contribution >= 4 is 34.2 Å². The lowest BCUT2D eigenvalue weighted by Crippen LogP contribution is -2.50. The van der Waals surface area contributed by atoms with Gasteiger partial charge in [0.2, 0.25) is 5.91 Å². The molecule has 2 N–H and O–H groups in total. The molecule has 2 saturated heterocycles. The molecule has 0 saturated carbocycles. The molecular weight excluding hydrogens is 496 g/mol. The van der Waals surface area contributed by atoms with E-state index < -0.39 is 0 Å². The van der Waals surface area contributed by atoms with Crippen LogP contribution in [-0.4, -0.2) is 73.0 Å². The molecule has 7 heteroatoms. The second-order valence-electron chi connectivity index (χ2n) is 11.0. The molecule has 0 radical (unpaired) electrons. The molecule has 0 spiro atoms. The van der Waals surface area contributed by atoms with Crippen LogP contribution in [0.5, 0.6) is 0 Å². The van der Waals surface area contributed by atoms with E-state index in [1.54, 1.807) is 0 Å². The van der Waals surface area contributed by atoms with Crippen LogP contribution in [0.4, 0.5) is 0 Å². The Hall–Kier alpha value is -2.41. The third kappa shape index (κ3) is 7.58. The third-order valence-corrected chi connectivity index (χ3v) is 8.42. The molecule has 2 aromatic rings. The summed E-state index contributed by atoms with van der Waals surface area (Å²) in [6.07, 6.45) is 6.35. The molecule has 0 aromatic heterocycles. The van der Waals surface area contributed by atoms with Gasteiger partial charge in [0, 0.05) is 42.8 Å². The summed E-state index contributed by atoms with van der Waals surface area (Å²) in [6.45, 7) is 13.4. The minimum atomic E-state index is -0.241. The Kier molecular flexibility index (Phi) is 10.2. The summed E-state index contributed by atoms with van der Waals surface area (Å²) in [5.74, 6) is 0.388. The van der Waals surface area contributed by atoms with Gasteiger partial charge < -0.3 is 20.4 Å². The Balaban J connectivity index is 1.41. The Bertz CT molecular complexity index is 1130. The molecule has 0 unspecified atom stereocenters. The van der Waals surface area contributed by atoms with Crippen LogP contribution in [0.15, 0.2) is 48.6 Å². The van der Waals surface area contributed by atoms with Crippen molar-refractivity contribution in [1.29, 1.82) is 0 Å². The summed E-state index contributed by atoms with van der Waals surface area (Å²) >= 11 is 6.10. The zero-order valence-electron chi connectivity index (χ0n) is 23.0. The number of hydrogen-bond acceptors (Lipinski definition) is 4. The lowest BCUT2D eigenvalue weighted by atomic mass is 9.98. The highest BCUT2D eigenvalue weighted by atomic mass is 35.5. The Morgan fingerprint density at radius 2 is 1.87 bits per heavy atom. The fourth-order valence-corrected chi connectivity index (χ4v) is 5.88. The Morgan fingerprint density at radius 3 is 2.61 bits per heavy atom. The summed E-state index contributed by atoms with van der Waals surface area (Å²) in [7, 11) is 0. The second kappa shape index (κ2) is 13.6. The number of nitrogens with zero attached hydrogens (tertiary/aromatic N) is 2. The van der Waals surface area contributed by atoms with Gasteiger partial charge in [0.15, 0.2) is 0 Å². The topological polar surface area (TPSA) is 64.7 Å². The number of carbonyl (C=O) groups is 2. The number of likely N-dealkylation sites (tertiary alicyclic amines) is 1. The molecule has 2 aliphatic heterocycles. The largest absolute Gasteiger partial charge is 0.350 e. The van der Waals surface area contributed by atoms with Crippen molar-refractivity contribution < 1.29 is 9.59 Å². The first-order valence-corrected chi connectivity index (χ1v) is 14.6. The molecule has 2 heterocycles. The van der Waals surface area contributed by atoms with E-state index >= 15 is 0 Å². The van der Waals surface area contributed by atoms with Crippen LogP contribution < -0.4 is 10.6 Å². The van der Waals surface area contributed by atoms with Crippen LogP contribution in [0.2, 0.25) is 5.02 Å². The molecular formula is C31H43ClN4O2. The lowest BCUT2D eigenvalue weighted by molar-refractivity contribution is -0.133. The average Bonchev–Trinajstić information content (AvgIpc) is 3.07. The number of hydrogen-bond donors (Lipinski definition) is 2. The summed E-state index contributed by atoms with van der Waals surface area (Å²) in [6, 6.07) is 11.1. The lowest BCUT2D eigenvalue weighted by Gasteiger charge is -2.31. The van der Waals surface area contributed by atoms with E-state index in [1.165, 1.54) is 19.3 Å². The molecule has 38 heavy (non-hydrogen) atoms. The number of piperidine rings is 1. The van der Waals surface area contributed by atoms with E-state index in [-0.39, 0.29) is 23.9 Å². The number of amides is 2. The molecule has 2 aliphatic rings. The van der Waals surface area contributed by atoms with Crippen LogP contribution in [0.3, 0.4) is 0 Å². The van der Waals surface area contributed by atoms with Crippen molar-refractivity contribution in [1.82, 2.24) is 20.4 Å². The zero-order chi connectivity index (χ0) is 27.1. The summed E-state index contributed by atoms with van der Waals surface area (Å²) in [5, 5.41) is 9.42. The minimum absolute atomic E-state index is 0.0309. The number of nitrogens with one attached hydrogen (secondary N) is 2. The van der Waals surface area contributed by atoms with Gasteiger partial charge in [-0.15, -0.1) is 0 Å². The minimum Gasteiger partial charge on any atom is -0.350 e. The maximum atomic E-state index is 13.7. The first kappa shape index (κ1) is 28.6. The van der Waals surface area contributed by atoms with E-state index in [1.807, 2.05) is 41.3 Å². The summed E-state index contributed by atoms with van der Waals surface area (Å²) in [4.78, 5) is 31.2. The van der Waals surface area contributed by atoms with Crippen LogP contribution >= 0.6 is 11.6 Å². The Labute approximate surface area is 232 Å². The van der Waals surface area contributed by atoms with Crippen molar-refractivity contribution in [2.24, 2.45) is 5.92 Å². The molecule has 2 fully saturated rings. The highest BCUT2D eigenvalue weighted by molar-refractivity contribution is 6.31. The Morgan fingerprint density at radius 1 is 1.13 bits per heavy atom. The molecule has 206 valence electrons. The summed E-state index contributed by atoms with van der Waals surface area (Å²) in [5.41, 5.74) is 1.75. The number of rotatable bonds is 10. The molecule has 0 bridgehead atoms. The quantitative estimate of drug-likeness (QED) is 0.405. The molecule has 3 atom stereocenters. The molecule has 2 amide bonds. The fraction of sp³-hybridized carbons (Fsp3) is 0.548. The molecule has 0 aliphatic carbocycles. The third-order valence-electron chi connectivity index (χ3n) is 8.18. The van der Waals surface area contributed by atoms with Gasteiger partial charge in [-0.2, -0.15) is 0 Å². The van der Waals surface area contributed by atoms with E-state index in [0.717, 1.165) is 55.2 Å². The van der Waals surface area contributed by atoms with Crippen molar-refractivity contribution in [3.05, 3.63) is 59.1 Å². The fourth-order valence-electron chi connectivity index (χ4n) is 5.70. The van der Waals surface area contributed by atoms with E-state index in [2.05, 4.69) is 36.0 Å². The highest BCUT2D eigenvalue weighted by Crippen LogP contribution is 2.21. The first-order valence-electron chi connectivity index (χ1n) is 14.2. The van der Waals surface area contributed by atoms with Gasteiger partial charge in [-0.05, 0) is 93.1 Å². The van der Waals surface area contributed by atoms with Crippen LogP contribution in [0, 0.1) is 5.92 Å². The van der Waals surface area contributed by atoms with E-state index in [0.29, 0.717) is 36.1 Å². The molecule has 2 aromatic carbocycles. The van der Waals surface area contributed by atoms with E-state index in [4.69, 9.17) is 11.6 Å². The second-order valence-corrected chi connectivity index (χ2v) is 11.5. The zero-order valence-corrected chi connectivity index (χ0v) is 23.7. The number of halogens is 1. The number of fused-ring (bicyclic) bond motifs is 1. The van der Waals surface area contributed by atoms with Crippen molar-refractivity contribution in [3.8, 4) is 0 Å². The highest BCUT2D eigenvalue weighted by Gasteiger charge is 2.32. The van der Waals surface area contributed by atoms with Crippen LogP contribution in [0.1, 0.15) is 62.7 Å². The first-order chi connectivity index (χ1) is 18.3. The van der Waals surface area contributed by atoms with Crippen LogP contribution in [0.25, 0.3) is 10.8 Å². The predicted molar refractivity (Wildman–Crippen MR) is 157 cm³/mol. The van der Waals surface area contributed by atoms with Gasteiger partial charge in [0.1, 0.15) is 0 Å². The van der Waals surface area contributed by atoms with Gasteiger partial charge in [-0.1, -0.05) is 49.2 Å². The van der Waals surface area contributed by atoms with Gasteiger partial charge in [-0.25, -0.2) is 0 Å². The molecule has 4 rings (SSSR count). The maximum absolute atomic E-state index is 13.7. The van der Waals surface area contributed by atoms with Gasteiger partial charge in [-0.3, -0.25) is 9.59 Å². The predicted octanol–water partition coefficient (Wildman–Crippen LogP) is 5.26. The summed E-state index contributed by atoms with van der Waals surface area (Å²) < 4.78 is 0.